The largest absolute Gasteiger partial charge is 0.0533 e. The molecule has 23 heavy (non-hydrogen) atoms. The van der Waals surface area contributed by atoms with Crippen LogP contribution >= 0.6 is 0 Å². The van der Waals surface area contributed by atoms with Gasteiger partial charge < -0.3 is 0 Å². The first-order chi connectivity index (χ1) is 11.4. The van der Waals surface area contributed by atoms with Gasteiger partial charge in [-0.2, -0.15) is 0 Å². The monoisotopic (exact) mass is 316 g/mol. The van der Waals surface area contributed by atoms with Crippen LogP contribution in [0.1, 0.15) is 109 Å². The Hall–Kier alpha value is 0. The molecule has 0 aromatic heterocycles. The molecule has 0 aliphatic heterocycles. The summed E-state index contributed by atoms with van der Waals surface area (Å²) in [5.41, 5.74) is 0. The van der Waals surface area contributed by atoms with Gasteiger partial charge in [0.1, 0.15) is 0 Å². The van der Waals surface area contributed by atoms with Crippen molar-refractivity contribution in [3.8, 4) is 0 Å². The van der Waals surface area contributed by atoms with Crippen LogP contribution in [-0.2, 0) is 0 Å². The highest BCUT2D eigenvalue weighted by atomic mass is 14.4. The smallest absolute Gasteiger partial charge is 0.0383 e. The van der Waals surface area contributed by atoms with Crippen LogP contribution in [0.3, 0.4) is 0 Å². The fraction of sp³-hybridized carbons (Fsp3) is 1.00. The molecule has 4 fully saturated rings. The van der Waals surface area contributed by atoms with E-state index in [0.717, 1.165) is 35.5 Å². The highest BCUT2D eigenvalue weighted by molar-refractivity contribution is 4.88. The molecule has 0 heterocycles. The van der Waals surface area contributed by atoms with E-state index < -0.39 is 0 Å². The Labute approximate surface area is 145 Å². The lowest BCUT2D eigenvalue weighted by molar-refractivity contribution is 0.169. The summed E-state index contributed by atoms with van der Waals surface area (Å²) in [6, 6.07) is 0. The Kier molecular flexibility index (Phi) is 5.67. The van der Waals surface area contributed by atoms with Crippen molar-refractivity contribution in [2.45, 2.75) is 109 Å². The van der Waals surface area contributed by atoms with Gasteiger partial charge in [0.15, 0.2) is 0 Å². The fourth-order valence-electron chi connectivity index (χ4n) is 7.13. The normalized spacial score (nSPS) is 40.7. The van der Waals surface area contributed by atoms with Gasteiger partial charge in [0.2, 0.25) is 0 Å². The summed E-state index contributed by atoms with van der Waals surface area (Å²) in [5, 5.41) is 0. The van der Waals surface area contributed by atoms with Crippen LogP contribution in [0.25, 0.3) is 0 Å². The summed E-state index contributed by atoms with van der Waals surface area (Å²) >= 11 is 0. The van der Waals surface area contributed by atoms with Gasteiger partial charge in [-0.25, -0.2) is 0 Å². The minimum absolute atomic E-state index is 1.11. The van der Waals surface area contributed by atoms with Crippen LogP contribution in [0.5, 0.6) is 0 Å². The second kappa shape index (κ2) is 7.92. The van der Waals surface area contributed by atoms with Crippen LogP contribution in [-0.4, -0.2) is 0 Å². The topological polar surface area (TPSA) is 0 Å². The zero-order chi connectivity index (χ0) is 15.5. The Bertz CT molecular complexity index is 339. The summed E-state index contributed by atoms with van der Waals surface area (Å²) in [6.07, 6.45) is 26.7. The molecule has 4 aliphatic carbocycles. The van der Waals surface area contributed by atoms with Gasteiger partial charge in [-0.15, -0.1) is 0 Å². The van der Waals surface area contributed by atoms with Gasteiger partial charge in [-0.3, -0.25) is 0 Å². The molecule has 0 N–H and O–H groups in total. The maximum atomic E-state index is 1.63. The second-order valence-corrected chi connectivity index (χ2v) is 9.90. The van der Waals surface area contributed by atoms with Crippen molar-refractivity contribution in [1.82, 2.24) is 0 Å². The summed E-state index contributed by atoms with van der Waals surface area (Å²) in [7, 11) is 0. The van der Waals surface area contributed by atoms with Crippen molar-refractivity contribution in [2.24, 2.45) is 35.5 Å². The van der Waals surface area contributed by atoms with E-state index in [-0.39, 0.29) is 0 Å². The molecule has 2 unspecified atom stereocenters. The van der Waals surface area contributed by atoms with E-state index in [2.05, 4.69) is 0 Å². The van der Waals surface area contributed by atoms with E-state index in [4.69, 9.17) is 0 Å². The van der Waals surface area contributed by atoms with Crippen molar-refractivity contribution in [2.75, 3.05) is 0 Å². The van der Waals surface area contributed by atoms with Crippen LogP contribution in [0.2, 0.25) is 0 Å². The van der Waals surface area contributed by atoms with Crippen molar-refractivity contribution < 1.29 is 0 Å². The minimum atomic E-state index is 1.11. The highest BCUT2D eigenvalue weighted by Gasteiger charge is 2.37. The Morgan fingerprint density at radius 2 is 0.870 bits per heavy atom. The zero-order valence-electron chi connectivity index (χ0n) is 15.5. The number of rotatable bonds is 4. The van der Waals surface area contributed by atoms with Gasteiger partial charge in [0.25, 0.3) is 0 Å². The van der Waals surface area contributed by atoms with Crippen LogP contribution in [0.4, 0.5) is 0 Å². The quantitative estimate of drug-likeness (QED) is 0.508. The van der Waals surface area contributed by atoms with E-state index >= 15 is 0 Å². The first-order valence-corrected chi connectivity index (χ1v) is 11.4. The summed E-state index contributed by atoms with van der Waals surface area (Å²) in [4.78, 5) is 0. The molecule has 0 spiro atoms. The van der Waals surface area contributed by atoms with Gasteiger partial charge in [-0.05, 0) is 74.0 Å². The Balaban J connectivity index is 1.19. The van der Waals surface area contributed by atoms with E-state index in [1.807, 2.05) is 0 Å². The van der Waals surface area contributed by atoms with Gasteiger partial charge >= 0.3 is 0 Å². The molecule has 2 atom stereocenters. The molecule has 0 nitrogen and oxygen atoms in total. The average Bonchev–Trinajstić information content (AvgIpc) is 3.28. The van der Waals surface area contributed by atoms with E-state index in [1.165, 1.54) is 32.1 Å². The summed E-state index contributed by atoms with van der Waals surface area (Å²) in [6.45, 7) is 0. The van der Waals surface area contributed by atoms with Gasteiger partial charge in [0.05, 0.1) is 0 Å². The van der Waals surface area contributed by atoms with Crippen molar-refractivity contribution >= 4 is 0 Å². The molecule has 4 aliphatic rings. The summed E-state index contributed by atoms with van der Waals surface area (Å²) in [5.74, 6) is 6.77. The second-order valence-electron chi connectivity index (χ2n) is 9.90. The number of hydrogen-bond acceptors (Lipinski definition) is 0. The predicted molar refractivity (Wildman–Crippen MR) is 99.4 cm³/mol. The molecule has 0 amide bonds. The molecule has 4 saturated carbocycles. The van der Waals surface area contributed by atoms with Crippen molar-refractivity contribution in [1.29, 1.82) is 0 Å². The molecule has 0 saturated heterocycles. The third-order valence-corrected chi connectivity index (χ3v) is 8.53. The minimum Gasteiger partial charge on any atom is -0.0533 e. The Morgan fingerprint density at radius 3 is 1.52 bits per heavy atom. The van der Waals surface area contributed by atoms with E-state index in [1.54, 1.807) is 77.0 Å². The van der Waals surface area contributed by atoms with Crippen LogP contribution in [0.15, 0.2) is 0 Å². The molecular weight excluding hydrogens is 276 g/mol. The van der Waals surface area contributed by atoms with Gasteiger partial charge in [0, 0.05) is 0 Å². The standard InChI is InChI=1S/C23H40/c1-2-6-18(7-3-1)16-19-10-12-21(13-11-19)23-15-14-22(17-23)20-8-4-5-9-20/h18-23H,1-17H2. The molecule has 4 rings (SSSR count). The zero-order valence-corrected chi connectivity index (χ0v) is 15.5. The van der Waals surface area contributed by atoms with E-state index in [9.17, 15) is 0 Å². The molecule has 0 aromatic rings. The molecule has 0 aromatic carbocycles. The maximum Gasteiger partial charge on any atom is -0.0383 e. The molecule has 0 bridgehead atoms. The molecule has 132 valence electrons. The summed E-state index contributed by atoms with van der Waals surface area (Å²) < 4.78 is 0. The Morgan fingerprint density at radius 1 is 0.391 bits per heavy atom. The number of hydrogen-bond donors (Lipinski definition) is 0. The highest BCUT2D eigenvalue weighted by Crippen LogP contribution is 2.48. The van der Waals surface area contributed by atoms with Crippen molar-refractivity contribution in [3.63, 3.8) is 0 Å². The van der Waals surface area contributed by atoms with E-state index in [0.29, 0.717) is 0 Å². The third-order valence-electron chi connectivity index (χ3n) is 8.53. The first kappa shape index (κ1) is 16.5. The fourth-order valence-corrected chi connectivity index (χ4v) is 7.13. The SMILES string of the molecule is C1CCC(CC2CCC(C3CCC(C4CCCC4)C3)CC2)CC1. The lowest BCUT2D eigenvalue weighted by Gasteiger charge is -2.35. The lowest BCUT2D eigenvalue weighted by atomic mass is 9.71. The third kappa shape index (κ3) is 4.16. The maximum absolute atomic E-state index is 1.63. The van der Waals surface area contributed by atoms with Crippen LogP contribution in [0, 0.1) is 35.5 Å². The van der Waals surface area contributed by atoms with Crippen molar-refractivity contribution in [3.05, 3.63) is 0 Å². The molecule has 0 heteroatoms. The lowest BCUT2D eigenvalue weighted by Crippen LogP contribution is -2.23. The molecule has 0 radical (unpaired) electrons. The first-order valence-electron chi connectivity index (χ1n) is 11.4. The molecular formula is C23H40. The van der Waals surface area contributed by atoms with Gasteiger partial charge in [-0.1, -0.05) is 70.6 Å². The predicted octanol–water partition coefficient (Wildman–Crippen LogP) is 7.37. The average molecular weight is 317 g/mol. The van der Waals surface area contributed by atoms with Crippen LogP contribution < -0.4 is 0 Å².